The van der Waals surface area contributed by atoms with Crippen LogP contribution in [0.25, 0.3) is 0 Å². The first-order chi connectivity index (χ1) is 9.70. The fraction of sp³-hybridized carbons (Fsp3) is 0.533. The van der Waals surface area contributed by atoms with Crippen molar-refractivity contribution >= 4 is 17.7 Å². The molecule has 0 saturated heterocycles. The van der Waals surface area contributed by atoms with E-state index in [1.807, 2.05) is 6.07 Å². The number of nitrogens with one attached hydrogen (secondary N) is 1. The largest absolute Gasteiger partial charge is 0.459 e. The number of likely N-dealkylation sites (N-methyl/N-ethyl adjacent to an activating group) is 1. The van der Waals surface area contributed by atoms with Crippen LogP contribution in [0.2, 0.25) is 0 Å². The van der Waals surface area contributed by atoms with Gasteiger partial charge in [-0.05, 0) is 39.8 Å². The summed E-state index contributed by atoms with van der Waals surface area (Å²) in [5.41, 5.74) is -0.531. The molecule has 6 heteroatoms. The molecule has 1 rings (SSSR count). The van der Waals surface area contributed by atoms with E-state index in [1.54, 1.807) is 53.1 Å². The van der Waals surface area contributed by atoms with Gasteiger partial charge in [-0.1, -0.05) is 6.07 Å². The number of aromatic nitrogens is 1. The van der Waals surface area contributed by atoms with Gasteiger partial charge in [-0.25, -0.2) is 4.98 Å². The molecule has 1 atom stereocenters. The van der Waals surface area contributed by atoms with Gasteiger partial charge in [0.05, 0.1) is 12.6 Å². The number of esters is 1. The molecule has 1 heterocycles. The van der Waals surface area contributed by atoms with Crippen molar-refractivity contribution in [1.82, 2.24) is 10.3 Å². The SMILES string of the molecule is C[C@H](NCC(=O)OC(C)(C)C)C(=O)N(C)c1ccccn1. The van der Waals surface area contributed by atoms with Crippen LogP contribution in [0.1, 0.15) is 27.7 Å². The molecule has 21 heavy (non-hydrogen) atoms. The van der Waals surface area contributed by atoms with Crippen LogP contribution in [0, 0.1) is 0 Å². The monoisotopic (exact) mass is 293 g/mol. The summed E-state index contributed by atoms with van der Waals surface area (Å²) in [6, 6.07) is 4.83. The molecule has 116 valence electrons. The highest BCUT2D eigenvalue weighted by molar-refractivity contribution is 5.95. The Kier molecular flexibility index (Phi) is 5.84. The van der Waals surface area contributed by atoms with Crippen molar-refractivity contribution in [2.45, 2.75) is 39.3 Å². The van der Waals surface area contributed by atoms with Gasteiger partial charge in [0.25, 0.3) is 0 Å². The van der Waals surface area contributed by atoms with Crippen LogP contribution >= 0.6 is 0 Å². The highest BCUT2D eigenvalue weighted by Gasteiger charge is 2.21. The maximum atomic E-state index is 12.2. The maximum absolute atomic E-state index is 12.2. The maximum Gasteiger partial charge on any atom is 0.320 e. The lowest BCUT2D eigenvalue weighted by molar-refractivity contribution is -0.153. The van der Waals surface area contributed by atoms with E-state index in [-0.39, 0.29) is 18.4 Å². The molecule has 1 N–H and O–H groups in total. The lowest BCUT2D eigenvalue weighted by Crippen LogP contribution is -2.46. The minimum absolute atomic E-state index is 0.0137. The minimum atomic E-state index is -0.531. The number of ether oxygens (including phenoxy) is 1. The number of carbonyl (C=O) groups is 2. The standard InChI is InChI=1S/C15H23N3O3/c1-11(17-10-13(19)21-15(2,3)4)14(20)18(5)12-8-6-7-9-16-12/h6-9,11,17H,10H2,1-5H3/t11-/m0/s1. The van der Waals surface area contributed by atoms with Gasteiger partial charge in [-0.3, -0.25) is 19.8 Å². The zero-order chi connectivity index (χ0) is 16.0. The van der Waals surface area contributed by atoms with Crippen LogP contribution < -0.4 is 10.2 Å². The Morgan fingerprint density at radius 2 is 2.05 bits per heavy atom. The van der Waals surface area contributed by atoms with Crippen LogP contribution in [-0.2, 0) is 14.3 Å². The van der Waals surface area contributed by atoms with Crippen LogP contribution in [0.5, 0.6) is 0 Å². The minimum Gasteiger partial charge on any atom is -0.459 e. The molecule has 0 aliphatic rings. The normalized spacial score (nSPS) is 12.6. The predicted octanol–water partition coefficient (Wildman–Crippen LogP) is 1.36. The quantitative estimate of drug-likeness (QED) is 0.830. The van der Waals surface area contributed by atoms with Crippen molar-refractivity contribution in [3.63, 3.8) is 0 Å². The highest BCUT2D eigenvalue weighted by Crippen LogP contribution is 2.09. The van der Waals surface area contributed by atoms with E-state index in [0.717, 1.165) is 0 Å². The van der Waals surface area contributed by atoms with Gasteiger partial charge in [-0.2, -0.15) is 0 Å². The molecule has 0 radical (unpaired) electrons. The predicted molar refractivity (Wildman–Crippen MR) is 81.0 cm³/mol. The fourth-order valence-corrected chi connectivity index (χ4v) is 1.66. The summed E-state index contributed by atoms with van der Waals surface area (Å²) in [5, 5.41) is 2.86. The average molecular weight is 293 g/mol. The molecule has 0 spiro atoms. The lowest BCUT2D eigenvalue weighted by Gasteiger charge is -2.23. The van der Waals surface area contributed by atoms with Crippen molar-refractivity contribution in [2.75, 3.05) is 18.5 Å². The second-order valence-electron chi connectivity index (χ2n) is 5.77. The fourth-order valence-electron chi connectivity index (χ4n) is 1.66. The number of pyridine rings is 1. The van der Waals surface area contributed by atoms with Crippen LogP contribution in [0.3, 0.4) is 0 Å². The zero-order valence-corrected chi connectivity index (χ0v) is 13.2. The molecule has 0 saturated carbocycles. The molecule has 0 aliphatic heterocycles. The van der Waals surface area contributed by atoms with Crippen LogP contribution in [-0.4, -0.2) is 42.1 Å². The Morgan fingerprint density at radius 3 is 2.57 bits per heavy atom. The molecule has 6 nitrogen and oxygen atoms in total. The molecule has 1 aromatic heterocycles. The van der Waals surface area contributed by atoms with E-state index in [4.69, 9.17) is 4.74 Å². The first kappa shape index (κ1) is 17.1. The average Bonchev–Trinajstić information content (AvgIpc) is 2.42. The summed E-state index contributed by atoms with van der Waals surface area (Å²) in [6.45, 7) is 7.09. The molecule has 0 fully saturated rings. The van der Waals surface area contributed by atoms with Crippen molar-refractivity contribution in [2.24, 2.45) is 0 Å². The number of anilines is 1. The van der Waals surface area contributed by atoms with Gasteiger partial charge in [0.1, 0.15) is 11.4 Å². The van der Waals surface area contributed by atoms with Crippen molar-refractivity contribution in [1.29, 1.82) is 0 Å². The first-order valence-corrected chi connectivity index (χ1v) is 6.84. The van der Waals surface area contributed by atoms with E-state index in [9.17, 15) is 9.59 Å². The van der Waals surface area contributed by atoms with Gasteiger partial charge in [-0.15, -0.1) is 0 Å². The number of nitrogens with zero attached hydrogens (tertiary/aromatic N) is 2. The second kappa shape index (κ2) is 7.17. The third kappa shape index (κ3) is 5.91. The Labute approximate surface area is 125 Å². The Balaban J connectivity index is 2.50. The number of amides is 1. The van der Waals surface area contributed by atoms with E-state index < -0.39 is 11.6 Å². The smallest absolute Gasteiger partial charge is 0.320 e. The topological polar surface area (TPSA) is 71.5 Å². The Morgan fingerprint density at radius 1 is 1.38 bits per heavy atom. The molecule has 0 aromatic carbocycles. The molecule has 1 amide bonds. The molecule has 0 unspecified atom stereocenters. The summed E-state index contributed by atoms with van der Waals surface area (Å²) < 4.78 is 5.17. The summed E-state index contributed by atoms with van der Waals surface area (Å²) >= 11 is 0. The summed E-state index contributed by atoms with van der Waals surface area (Å²) in [4.78, 5) is 29.4. The molecule has 1 aromatic rings. The second-order valence-corrected chi connectivity index (χ2v) is 5.77. The van der Waals surface area contributed by atoms with E-state index in [2.05, 4.69) is 10.3 Å². The van der Waals surface area contributed by atoms with E-state index in [1.165, 1.54) is 4.90 Å². The van der Waals surface area contributed by atoms with Crippen LogP contribution in [0.4, 0.5) is 5.82 Å². The highest BCUT2D eigenvalue weighted by atomic mass is 16.6. The number of hydrogen-bond acceptors (Lipinski definition) is 5. The Bertz CT molecular complexity index is 483. The number of hydrogen-bond donors (Lipinski definition) is 1. The zero-order valence-electron chi connectivity index (χ0n) is 13.2. The van der Waals surface area contributed by atoms with Crippen molar-refractivity contribution < 1.29 is 14.3 Å². The summed E-state index contributed by atoms with van der Waals surface area (Å²) in [7, 11) is 1.65. The summed E-state index contributed by atoms with van der Waals surface area (Å²) in [5.74, 6) is 0.00770. The van der Waals surface area contributed by atoms with E-state index >= 15 is 0 Å². The molecule has 0 bridgehead atoms. The number of rotatable bonds is 5. The first-order valence-electron chi connectivity index (χ1n) is 6.84. The van der Waals surface area contributed by atoms with E-state index in [0.29, 0.717) is 5.82 Å². The molecule has 0 aliphatic carbocycles. The third-order valence-corrected chi connectivity index (χ3v) is 2.67. The lowest BCUT2D eigenvalue weighted by atomic mass is 10.2. The van der Waals surface area contributed by atoms with Crippen LogP contribution in [0.15, 0.2) is 24.4 Å². The summed E-state index contributed by atoms with van der Waals surface area (Å²) in [6.07, 6.45) is 1.62. The van der Waals surface area contributed by atoms with Crippen molar-refractivity contribution in [3.8, 4) is 0 Å². The number of carbonyl (C=O) groups excluding carboxylic acids is 2. The van der Waals surface area contributed by atoms with Gasteiger partial charge < -0.3 is 4.74 Å². The van der Waals surface area contributed by atoms with Crippen molar-refractivity contribution in [3.05, 3.63) is 24.4 Å². The van der Waals surface area contributed by atoms with Gasteiger partial charge in [0.15, 0.2) is 0 Å². The van der Waals surface area contributed by atoms with Gasteiger partial charge >= 0.3 is 5.97 Å². The van der Waals surface area contributed by atoms with Gasteiger partial charge in [0.2, 0.25) is 5.91 Å². The Hall–Kier alpha value is -1.95. The molecular weight excluding hydrogens is 270 g/mol. The third-order valence-electron chi connectivity index (χ3n) is 2.67. The molecular formula is C15H23N3O3. The van der Waals surface area contributed by atoms with Gasteiger partial charge in [0, 0.05) is 13.2 Å².